The van der Waals surface area contributed by atoms with Crippen LogP contribution >= 0.6 is 11.3 Å². The van der Waals surface area contributed by atoms with Crippen LogP contribution in [0.4, 0.5) is 13.2 Å². The summed E-state index contributed by atoms with van der Waals surface area (Å²) in [5.74, 6) is 0.512. The summed E-state index contributed by atoms with van der Waals surface area (Å²) in [5.41, 5.74) is 1.45. The van der Waals surface area contributed by atoms with Gasteiger partial charge in [-0.1, -0.05) is 42.5 Å². The second kappa shape index (κ2) is 8.59. The maximum Gasteiger partial charge on any atom is 0.416 e. The first-order valence-electron chi connectivity index (χ1n) is 10.5. The lowest BCUT2D eigenvalue weighted by Gasteiger charge is -2.09. The van der Waals surface area contributed by atoms with Gasteiger partial charge in [0.15, 0.2) is 0 Å². The van der Waals surface area contributed by atoms with E-state index in [0.717, 1.165) is 27.8 Å². The van der Waals surface area contributed by atoms with E-state index in [1.807, 2.05) is 0 Å². The molecule has 0 aliphatic carbocycles. The Morgan fingerprint density at radius 3 is 2.14 bits per heavy atom. The number of nitrogens with zero attached hydrogens (tertiary/aromatic N) is 1. The van der Waals surface area contributed by atoms with Crippen LogP contribution in [-0.4, -0.2) is 16.7 Å². The molecule has 1 N–H and O–H groups in total. The van der Waals surface area contributed by atoms with Crippen molar-refractivity contribution >= 4 is 21.6 Å². The first-order valence-corrected chi connectivity index (χ1v) is 11.3. The Balaban J connectivity index is 1.56. The minimum absolute atomic E-state index is 0.375. The number of alkyl halides is 3. The fourth-order valence-corrected chi connectivity index (χ4v) is 4.86. The molecule has 2 heterocycles. The summed E-state index contributed by atoms with van der Waals surface area (Å²) in [6.07, 6.45) is -4.39. The average molecular weight is 494 g/mol. The number of rotatable bonds is 4. The van der Waals surface area contributed by atoms with Crippen LogP contribution in [0.5, 0.6) is 5.75 Å². The number of methoxy groups -OCH3 is 1. The zero-order valence-electron chi connectivity index (χ0n) is 18.2. The SMILES string of the molecule is COc1cccc(-n2c(=O)[nH]c3scc(-c4ccc(-c5ccc(C(F)(F)F)cc5)cc4)c3c2=O)c1. The van der Waals surface area contributed by atoms with E-state index in [1.54, 1.807) is 53.9 Å². The Bertz CT molecular complexity index is 1650. The van der Waals surface area contributed by atoms with E-state index in [1.165, 1.54) is 30.6 Å². The van der Waals surface area contributed by atoms with E-state index in [9.17, 15) is 22.8 Å². The molecule has 0 bridgehead atoms. The van der Waals surface area contributed by atoms with Crippen molar-refractivity contribution < 1.29 is 17.9 Å². The fourth-order valence-electron chi connectivity index (χ4n) is 3.91. The summed E-state index contributed by atoms with van der Waals surface area (Å²) in [5, 5.41) is 2.17. The van der Waals surface area contributed by atoms with Gasteiger partial charge in [0.05, 0.1) is 23.7 Å². The van der Waals surface area contributed by atoms with Gasteiger partial charge in [-0.05, 0) is 41.0 Å². The number of halogens is 3. The van der Waals surface area contributed by atoms with Gasteiger partial charge in [0, 0.05) is 17.0 Å². The van der Waals surface area contributed by atoms with Crippen molar-refractivity contribution in [3.05, 3.63) is 105 Å². The molecule has 0 radical (unpaired) electrons. The molecule has 0 unspecified atom stereocenters. The lowest BCUT2D eigenvalue weighted by Crippen LogP contribution is -2.33. The topological polar surface area (TPSA) is 64.1 Å². The Hall–Kier alpha value is -4.11. The molecule has 0 saturated heterocycles. The molecule has 0 fully saturated rings. The van der Waals surface area contributed by atoms with Crippen molar-refractivity contribution in [2.45, 2.75) is 6.18 Å². The van der Waals surface area contributed by atoms with Gasteiger partial charge in [0.2, 0.25) is 0 Å². The Kier molecular flexibility index (Phi) is 5.56. The number of thiophene rings is 1. The van der Waals surface area contributed by atoms with E-state index < -0.39 is 23.0 Å². The van der Waals surface area contributed by atoms with Crippen LogP contribution in [0.25, 0.3) is 38.2 Å². The molecule has 0 aliphatic rings. The van der Waals surface area contributed by atoms with E-state index in [0.29, 0.717) is 32.8 Å². The lowest BCUT2D eigenvalue weighted by molar-refractivity contribution is -0.137. The molecule has 9 heteroatoms. The minimum atomic E-state index is -4.39. The van der Waals surface area contributed by atoms with Gasteiger partial charge in [-0.2, -0.15) is 13.2 Å². The number of H-pyrrole nitrogens is 1. The number of nitrogens with one attached hydrogen (secondary N) is 1. The summed E-state index contributed by atoms with van der Waals surface area (Å²) in [6.45, 7) is 0. The number of aromatic amines is 1. The molecule has 176 valence electrons. The maximum absolute atomic E-state index is 13.4. The first kappa shape index (κ1) is 22.7. The molecule has 0 aliphatic heterocycles. The molecule has 5 nitrogen and oxygen atoms in total. The lowest BCUT2D eigenvalue weighted by atomic mass is 10.00. The maximum atomic E-state index is 13.4. The Labute approximate surface area is 200 Å². The second-order valence-electron chi connectivity index (χ2n) is 7.78. The molecule has 0 spiro atoms. The molecule has 0 saturated carbocycles. The van der Waals surface area contributed by atoms with E-state index in [2.05, 4.69) is 4.98 Å². The highest BCUT2D eigenvalue weighted by Crippen LogP contribution is 2.34. The number of hydrogen-bond acceptors (Lipinski definition) is 4. The molecule has 5 aromatic rings. The number of aromatic nitrogens is 2. The van der Waals surface area contributed by atoms with Crippen molar-refractivity contribution in [2.24, 2.45) is 0 Å². The highest BCUT2D eigenvalue weighted by molar-refractivity contribution is 7.17. The summed E-state index contributed by atoms with van der Waals surface area (Å²) in [4.78, 5) is 29.3. The van der Waals surface area contributed by atoms with Crippen molar-refractivity contribution in [1.82, 2.24) is 9.55 Å². The van der Waals surface area contributed by atoms with Crippen LogP contribution in [0.1, 0.15) is 5.56 Å². The predicted molar refractivity (Wildman–Crippen MR) is 130 cm³/mol. The third-order valence-corrected chi connectivity index (χ3v) is 6.58. The van der Waals surface area contributed by atoms with Gasteiger partial charge >= 0.3 is 11.9 Å². The van der Waals surface area contributed by atoms with Gasteiger partial charge in [-0.3, -0.25) is 9.78 Å². The third-order valence-electron chi connectivity index (χ3n) is 5.68. The standard InChI is InChI=1S/C26H17F3N2O3S/c1-34-20-4-2-3-19(13-20)31-24(32)22-21(14-35-23(22)30-25(31)33)17-7-5-15(6-8-17)16-9-11-18(12-10-16)26(27,28)29/h2-14H,1H3,(H,30,33). The smallest absolute Gasteiger partial charge is 0.416 e. The molecule has 2 aromatic heterocycles. The largest absolute Gasteiger partial charge is 0.497 e. The molecule has 0 atom stereocenters. The van der Waals surface area contributed by atoms with Gasteiger partial charge in [0.1, 0.15) is 10.6 Å². The zero-order chi connectivity index (χ0) is 24.7. The second-order valence-corrected chi connectivity index (χ2v) is 8.66. The monoisotopic (exact) mass is 494 g/mol. The number of ether oxygens (including phenoxy) is 1. The first-order chi connectivity index (χ1) is 16.8. The molecule has 3 aromatic carbocycles. The predicted octanol–water partition coefficient (Wildman–Crippen LogP) is 6.10. The highest BCUT2D eigenvalue weighted by atomic mass is 32.1. The van der Waals surface area contributed by atoms with Crippen molar-refractivity contribution in [3.63, 3.8) is 0 Å². The normalized spacial score (nSPS) is 11.7. The highest BCUT2D eigenvalue weighted by Gasteiger charge is 2.30. The van der Waals surface area contributed by atoms with Crippen LogP contribution in [0, 0.1) is 0 Å². The van der Waals surface area contributed by atoms with Crippen LogP contribution in [0.3, 0.4) is 0 Å². The van der Waals surface area contributed by atoms with Gasteiger partial charge in [-0.15, -0.1) is 11.3 Å². The van der Waals surface area contributed by atoms with E-state index in [-0.39, 0.29) is 0 Å². The van der Waals surface area contributed by atoms with Crippen LogP contribution in [0.15, 0.2) is 87.8 Å². The number of benzene rings is 3. The van der Waals surface area contributed by atoms with E-state index >= 15 is 0 Å². The molecule has 5 rings (SSSR count). The van der Waals surface area contributed by atoms with Crippen LogP contribution < -0.4 is 16.0 Å². The Morgan fingerprint density at radius 1 is 0.886 bits per heavy atom. The average Bonchev–Trinajstić information content (AvgIpc) is 3.28. The number of hydrogen-bond donors (Lipinski definition) is 1. The minimum Gasteiger partial charge on any atom is -0.497 e. The molecular formula is C26H17F3N2O3S. The van der Waals surface area contributed by atoms with Gasteiger partial charge < -0.3 is 4.74 Å². The molecular weight excluding hydrogens is 477 g/mol. The van der Waals surface area contributed by atoms with Crippen LogP contribution in [0.2, 0.25) is 0 Å². The molecule has 35 heavy (non-hydrogen) atoms. The summed E-state index contributed by atoms with van der Waals surface area (Å²) >= 11 is 1.25. The quantitative estimate of drug-likeness (QED) is 0.328. The van der Waals surface area contributed by atoms with Crippen LogP contribution in [-0.2, 0) is 6.18 Å². The zero-order valence-corrected chi connectivity index (χ0v) is 19.0. The van der Waals surface area contributed by atoms with Crippen molar-refractivity contribution in [3.8, 4) is 33.7 Å². The van der Waals surface area contributed by atoms with Crippen molar-refractivity contribution in [1.29, 1.82) is 0 Å². The van der Waals surface area contributed by atoms with Crippen molar-refractivity contribution in [2.75, 3.05) is 7.11 Å². The Morgan fingerprint density at radius 2 is 1.51 bits per heavy atom. The molecule has 0 amide bonds. The summed E-state index contributed by atoms with van der Waals surface area (Å²) in [6, 6.07) is 18.8. The number of fused-ring (bicyclic) bond motifs is 1. The fraction of sp³-hybridized carbons (Fsp3) is 0.0769. The summed E-state index contributed by atoms with van der Waals surface area (Å²) in [7, 11) is 1.50. The third kappa shape index (κ3) is 4.15. The summed E-state index contributed by atoms with van der Waals surface area (Å²) < 4.78 is 44.8. The van der Waals surface area contributed by atoms with E-state index in [4.69, 9.17) is 4.74 Å². The van der Waals surface area contributed by atoms with Gasteiger partial charge in [0.25, 0.3) is 5.56 Å². The van der Waals surface area contributed by atoms with Gasteiger partial charge in [-0.25, -0.2) is 9.36 Å².